The molecule has 12 aromatic rings. The zero-order chi connectivity index (χ0) is 42.2. The number of hydrogen-bond donors (Lipinski definition) is 0. The average molecular weight is 818 g/mol. The molecule has 0 fully saturated rings. The number of hydrogen-bond acceptors (Lipinski definition) is 3. The van der Waals surface area contributed by atoms with Crippen LogP contribution < -0.4 is 4.90 Å². The first-order valence-electron chi connectivity index (χ1n) is 21.9. The van der Waals surface area contributed by atoms with Crippen LogP contribution >= 0.6 is 0 Å². The zero-order valence-electron chi connectivity index (χ0n) is 34.8. The molecule has 0 saturated carbocycles. The number of benzene rings is 10. The molecule has 0 unspecified atom stereocenters. The van der Waals surface area contributed by atoms with Gasteiger partial charge in [-0.1, -0.05) is 188 Å². The molecule has 0 saturated heterocycles. The Kier molecular flexibility index (Phi) is 8.13. The van der Waals surface area contributed by atoms with Crippen molar-refractivity contribution in [3.05, 3.63) is 259 Å². The highest BCUT2D eigenvalue weighted by atomic mass is 16.3. The van der Waals surface area contributed by atoms with E-state index < -0.39 is 5.41 Å². The molecule has 64 heavy (non-hydrogen) atoms. The van der Waals surface area contributed by atoms with E-state index in [0.29, 0.717) is 0 Å². The molecular formula is C61H39NO2. The van der Waals surface area contributed by atoms with E-state index in [1.807, 2.05) is 18.2 Å². The van der Waals surface area contributed by atoms with Crippen molar-refractivity contribution in [1.29, 1.82) is 0 Å². The van der Waals surface area contributed by atoms with Gasteiger partial charge in [-0.15, -0.1) is 0 Å². The summed E-state index contributed by atoms with van der Waals surface area (Å²) in [6.07, 6.45) is 0. The predicted molar refractivity (Wildman–Crippen MR) is 264 cm³/mol. The third kappa shape index (κ3) is 5.41. The van der Waals surface area contributed by atoms with Gasteiger partial charge < -0.3 is 13.7 Å². The van der Waals surface area contributed by atoms with Crippen LogP contribution in [0.25, 0.3) is 77.3 Å². The molecule has 0 amide bonds. The van der Waals surface area contributed by atoms with Crippen molar-refractivity contribution in [2.75, 3.05) is 4.90 Å². The summed E-state index contributed by atoms with van der Waals surface area (Å²) in [4.78, 5) is 2.41. The second-order valence-electron chi connectivity index (χ2n) is 16.7. The van der Waals surface area contributed by atoms with Gasteiger partial charge in [-0.3, -0.25) is 0 Å². The lowest BCUT2D eigenvalue weighted by atomic mass is 9.68. The monoisotopic (exact) mass is 817 g/mol. The molecule has 0 spiro atoms. The molecule has 300 valence electrons. The number of nitrogens with zero attached hydrogens (tertiary/aromatic N) is 1. The third-order valence-corrected chi connectivity index (χ3v) is 13.4. The second-order valence-corrected chi connectivity index (χ2v) is 16.7. The number of para-hydroxylation sites is 3. The van der Waals surface area contributed by atoms with E-state index in [4.69, 9.17) is 8.83 Å². The molecule has 0 N–H and O–H groups in total. The van der Waals surface area contributed by atoms with Gasteiger partial charge >= 0.3 is 0 Å². The van der Waals surface area contributed by atoms with Crippen LogP contribution in [-0.2, 0) is 5.41 Å². The standard InChI is InChI=1S/C61H39NO2/c1-3-15-44(16-4-1)61(45-17-5-2-6-18-45)52-23-10-7-21-50(52)59-53(61)24-14-25-54(59)62(55-26-13-22-49-47-19-8-12-28-57(47)64-60(49)55)46-36-33-41(34-37-46)40-29-31-42(32-30-40)43-35-38-58-51(39-43)48-20-9-11-27-56(48)63-58/h1-39H. The van der Waals surface area contributed by atoms with E-state index in [9.17, 15) is 0 Å². The Morgan fingerprint density at radius 3 is 1.55 bits per heavy atom. The molecule has 2 aromatic heterocycles. The highest BCUT2D eigenvalue weighted by Gasteiger charge is 2.47. The summed E-state index contributed by atoms with van der Waals surface area (Å²) in [5.74, 6) is 0. The molecule has 0 radical (unpaired) electrons. The third-order valence-electron chi connectivity index (χ3n) is 13.4. The fourth-order valence-corrected chi connectivity index (χ4v) is 10.5. The predicted octanol–water partition coefficient (Wildman–Crippen LogP) is 16.7. The van der Waals surface area contributed by atoms with Crippen LogP contribution in [0.3, 0.4) is 0 Å². The summed E-state index contributed by atoms with van der Waals surface area (Å²) in [6, 6.07) is 85.3. The summed E-state index contributed by atoms with van der Waals surface area (Å²) < 4.78 is 12.9. The number of furan rings is 2. The SMILES string of the molecule is c1ccc(C2(c3ccccc3)c3ccccc3-c3c(N(c4ccc(-c5ccc(-c6ccc7oc8ccccc8c7c6)cc5)cc4)c4cccc5c4oc4ccccc45)cccc32)cc1. The molecule has 1 aliphatic carbocycles. The summed E-state index contributed by atoms with van der Waals surface area (Å²) in [6.45, 7) is 0. The zero-order valence-corrected chi connectivity index (χ0v) is 34.8. The van der Waals surface area contributed by atoms with Gasteiger partial charge in [0.05, 0.1) is 16.8 Å². The van der Waals surface area contributed by atoms with Crippen molar-refractivity contribution in [2.24, 2.45) is 0 Å². The fourth-order valence-electron chi connectivity index (χ4n) is 10.5. The Hall–Kier alpha value is -8.40. The highest BCUT2D eigenvalue weighted by molar-refractivity contribution is 6.11. The Balaban J connectivity index is 0.976. The van der Waals surface area contributed by atoms with Crippen LogP contribution in [0.2, 0.25) is 0 Å². The molecule has 3 nitrogen and oxygen atoms in total. The Morgan fingerprint density at radius 2 is 0.828 bits per heavy atom. The molecular weight excluding hydrogens is 779 g/mol. The van der Waals surface area contributed by atoms with Crippen LogP contribution in [0, 0.1) is 0 Å². The number of rotatable bonds is 7. The lowest BCUT2D eigenvalue weighted by Gasteiger charge is -2.34. The van der Waals surface area contributed by atoms with Gasteiger partial charge in [0.1, 0.15) is 16.7 Å². The maximum atomic E-state index is 6.81. The smallest absolute Gasteiger partial charge is 0.159 e. The number of fused-ring (bicyclic) bond motifs is 9. The van der Waals surface area contributed by atoms with Gasteiger partial charge in [0.2, 0.25) is 0 Å². The lowest BCUT2D eigenvalue weighted by Crippen LogP contribution is -2.28. The minimum absolute atomic E-state index is 0.532. The van der Waals surface area contributed by atoms with E-state index in [1.165, 1.54) is 33.4 Å². The molecule has 0 atom stereocenters. The molecule has 3 heteroatoms. The molecule has 13 rings (SSSR count). The summed E-state index contributed by atoms with van der Waals surface area (Å²) in [5, 5.41) is 4.46. The summed E-state index contributed by atoms with van der Waals surface area (Å²) in [7, 11) is 0. The first-order valence-corrected chi connectivity index (χ1v) is 21.9. The first-order chi connectivity index (χ1) is 31.7. The van der Waals surface area contributed by atoms with Crippen molar-refractivity contribution in [3.63, 3.8) is 0 Å². The van der Waals surface area contributed by atoms with Crippen molar-refractivity contribution >= 4 is 60.9 Å². The fraction of sp³-hybridized carbons (Fsp3) is 0.0164. The molecule has 1 aliphatic rings. The van der Waals surface area contributed by atoms with Crippen LogP contribution in [0.15, 0.2) is 245 Å². The van der Waals surface area contributed by atoms with Crippen LogP contribution in [0.1, 0.15) is 22.3 Å². The molecule has 10 aromatic carbocycles. The molecule has 2 heterocycles. The van der Waals surface area contributed by atoms with Gasteiger partial charge in [0.25, 0.3) is 0 Å². The van der Waals surface area contributed by atoms with Gasteiger partial charge in [-0.25, -0.2) is 0 Å². The lowest BCUT2D eigenvalue weighted by molar-refractivity contribution is 0.668. The minimum Gasteiger partial charge on any atom is -0.456 e. The maximum Gasteiger partial charge on any atom is 0.159 e. The second kappa shape index (κ2) is 14.3. The van der Waals surface area contributed by atoms with E-state index in [1.54, 1.807) is 0 Å². The van der Waals surface area contributed by atoms with E-state index in [2.05, 4.69) is 223 Å². The minimum atomic E-state index is -0.532. The van der Waals surface area contributed by atoms with Gasteiger partial charge in [-0.2, -0.15) is 0 Å². The summed E-state index contributed by atoms with van der Waals surface area (Å²) in [5.41, 5.74) is 18.2. The van der Waals surface area contributed by atoms with Crippen LogP contribution in [0.5, 0.6) is 0 Å². The highest BCUT2D eigenvalue weighted by Crippen LogP contribution is 2.60. The molecule has 0 bridgehead atoms. The van der Waals surface area contributed by atoms with Crippen molar-refractivity contribution in [1.82, 2.24) is 0 Å². The quantitative estimate of drug-likeness (QED) is 0.160. The van der Waals surface area contributed by atoms with Crippen LogP contribution in [0.4, 0.5) is 17.1 Å². The normalized spacial score (nSPS) is 12.8. The maximum absolute atomic E-state index is 6.81. The number of anilines is 3. The topological polar surface area (TPSA) is 29.5 Å². The average Bonchev–Trinajstić information content (AvgIpc) is 4.04. The van der Waals surface area contributed by atoms with E-state index in [-0.39, 0.29) is 0 Å². The Labute approximate surface area is 370 Å². The summed E-state index contributed by atoms with van der Waals surface area (Å²) >= 11 is 0. The van der Waals surface area contributed by atoms with Gasteiger partial charge in [0.15, 0.2) is 5.58 Å². The molecule has 0 aliphatic heterocycles. The first kappa shape index (κ1) is 36.3. The van der Waals surface area contributed by atoms with Crippen LogP contribution in [-0.4, -0.2) is 0 Å². The van der Waals surface area contributed by atoms with Gasteiger partial charge in [0, 0.05) is 32.8 Å². The van der Waals surface area contributed by atoms with Gasteiger partial charge in [-0.05, 0) is 98.6 Å². The van der Waals surface area contributed by atoms with Crippen molar-refractivity contribution < 1.29 is 8.83 Å². The Morgan fingerprint density at radius 1 is 0.328 bits per heavy atom. The van der Waals surface area contributed by atoms with E-state index >= 15 is 0 Å². The Bertz CT molecular complexity index is 3670. The largest absolute Gasteiger partial charge is 0.456 e. The van der Waals surface area contributed by atoms with E-state index in [0.717, 1.165) is 83.2 Å². The van der Waals surface area contributed by atoms with Crippen molar-refractivity contribution in [2.45, 2.75) is 5.41 Å². The van der Waals surface area contributed by atoms with Crippen molar-refractivity contribution in [3.8, 4) is 33.4 Å².